The molecular weight excluding hydrogens is 328 g/mol. The van der Waals surface area contributed by atoms with Crippen LogP contribution in [0, 0.1) is 0 Å². The lowest BCUT2D eigenvalue weighted by Crippen LogP contribution is -2.17. The number of halogens is 1. The van der Waals surface area contributed by atoms with Crippen LogP contribution in [0.3, 0.4) is 0 Å². The molecule has 0 bridgehead atoms. The van der Waals surface area contributed by atoms with E-state index in [0.717, 1.165) is 40.0 Å². The predicted molar refractivity (Wildman–Crippen MR) is 94.5 cm³/mol. The fourth-order valence-corrected chi connectivity index (χ4v) is 4.16. The summed E-state index contributed by atoms with van der Waals surface area (Å²) in [5.41, 5.74) is 3.61. The van der Waals surface area contributed by atoms with Crippen LogP contribution in [0.2, 0.25) is 5.02 Å². The highest BCUT2D eigenvalue weighted by molar-refractivity contribution is 7.85. The zero-order valence-corrected chi connectivity index (χ0v) is 14.4. The molecule has 23 heavy (non-hydrogen) atoms. The maximum Gasteiger partial charge on any atom is 0.189 e. The second-order valence-corrected chi connectivity index (χ2v) is 7.58. The van der Waals surface area contributed by atoms with Gasteiger partial charge in [0.2, 0.25) is 0 Å². The van der Waals surface area contributed by atoms with Crippen LogP contribution in [-0.4, -0.2) is 15.7 Å². The van der Waals surface area contributed by atoms with E-state index in [2.05, 4.69) is 0 Å². The van der Waals surface area contributed by atoms with Crippen LogP contribution in [0.4, 0.5) is 0 Å². The summed E-state index contributed by atoms with van der Waals surface area (Å²) < 4.78 is 12.5. The minimum Gasteiger partial charge on any atom is -0.289 e. The number of aryl methyl sites for hydroxylation is 1. The lowest BCUT2D eigenvalue weighted by atomic mass is 9.85. The van der Waals surface area contributed by atoms with Crippen LogP contribution >= 0.6 is 11.6 Å². The zero-order valence-electron chi connectivity index (χ0n) is 12.8. The molecule has 1 aliphatic rings. The number of hydrogen-bond donors (Lipinski definition) is 0. The van der Waals surface area contributed by atoms with Crippen molar-refractivity contribution in [3.05, 3.63) is 75.8 Å². The molecule has 0 saturated heterocycles. The Morgan fingerprint density at radius 3 is 2.52 bits per heavy atom. The number of hydrogen-bond acceptors (Lipinski definition) is 2. The average Bonchev–Trinajstić information content (AvgIpc) is 2.56. The highest BCUT2D eigenvalue weighted by Crippen LogP contribution is 2.27. The van der Waals surface area contributed by atoms with E-state index in [9.17, 15) is 9.00 Å². The molecular formula is C19H17ClO2S. The van der Waals surface area contributed by atoms with Gasteiger partial charge in [0, 0.05) is 26.8 Å². The number of ketones is 1. The van der Waals surface area contributed by atoms with Gasteiger partial charge in [-0.2, -0.15) is 0 Å². The molecule has 0 heterocycles. The van der Waals surface area contributed by atoms with Gasteiger partial charge >= 0.3 is 0 Å². The molecule has 2 aromatic rings. The summed E-state index contributed by atoms with van der Waals surface area (Å²) in [5.74, 6) is 0.461. The van der Waals surface area contributed by atoms with Crippen molar-refractivity contribution in [3.8, 4) is 0 Å². The van der Waals surface area contributed by atoms with E-state index >= 15 is 0 Å². The number of fused-ring (bicyclic) bond motifs is 1. The number of allylic oxidation sites excluding steroid dienone is 1. The second kappa shape index (κ2) is 6.81. The van der Waals surface area contributed by atoms with Crippen molar-refractivity contribution in [1.29, 1.82) is 0 Å². The van der Waals surface area contributed by atoms with Crippen molar-refractivity contribution < 1.29 is 9.00 Å². The predicted octanol–water partition coefficient (Wildman–Crippen LogP) is 4.59. The summed E-state index contributed by atoms with van der Waals surface area (Å²) in [7, 11) is -1.16. The van der Waals surface area contributed by atoms with Gasteiger partial charge in [-0.25, -0.2) is 0 Å². The molecule has 0 aliphatic heterocycles. The number of benzene rings is 2. The van der Waals surface area contributed by atoms with Crippen LogP contribution in [0.1, 0.15) is 29.3 Å². The fraction of sp³-hybridized carbons (Fsp3) is 0.211. The lowest BCUT2D eigenvalue weighted by Gasteiger charge is -2.19. The third kappa shape index (κ3) is 3.46. The number of carbonyl (C=O) groups excluding carboxylic acids is 1. The average molecular weight is 345 g/mol. The summed E-state index contributed by atoms with van der Waals surface area (Å²) in [6.07, 6.45) is 1.58. The SMILES string of the molecule is C/C(CS(=O)c1ccc(Cl)cc1)=C1/CCc2ccccc2C1=O. The Hall–Kier alpha value is -1.71. The largest absolute Gasteiger partial charge is 0.289 e. The summed E-state index contributed by atoms with van der Waals surface area (Å²) in [4.78, 5) is 13.4. The molecule has 0 N–H and O–H groups in total. The number of Topliss-reactive ketones (excluding diaryl/α,β-unsaturated/α-hetero) is 1. The minimum absolute atomic E-state index is 0.0810. The Labute approximate surface area is 143 Å². The lowest BCUT2D eigenvalue weighted by molar-refractivity contribution is 0.102. The normalized spacial score (nSPS) is 17.6. The molecule has 1 unspecified atom stereocenters. The molecule has 1 atom stereocenters. The zero-order chi connectivity index (χ0) is 16.4. The number of rotatable bonds is 3. The van der Waals surface area contributed by atoms with Gasteiger partial charge in [0.1, 0.15) is 0 Å². The van der Waals surface area contributed by atoms with Gasteiger partial charge in [0.15, 0.2) is 5.78 Å². The maximum atomic E-state index is 12.6. The standard InChI is InChI=1S/C19H17ClO2S/c1-13(12-23(22)16-9-7-15(20)8-10-16)17-11-6-14-4-2-3-5-18(14)19(17)21/h2-5,7-10H,6,11-12H2,1H3/b17-13+. The third-order valence-electron chi connectivity index (χ3n) is 4.12. The Morgan fingerprint density at radius 2 is 1.78 bits per heavy atom. The quantitative estimate of drug-likeness (QED) is 0.763. The van der Waals surface area contributed by atoms with E-state index in [0.29, 0.717) is 10.8 Å². The van der Waals surface area contributed by atoms with E-state index in [4.69, 9.17) is 11.6 Å². The van der Waals surface area contributed by atoms with Crippen LogP contribution in [0.25, 0.3) is 0 Å². The minimum atomic E-state index is -1.16. The van der Waals surface area contributed by atoms with Crippen LogP contribution < -0.4 is 0 Å². The molecule has 0 aromatic heterocycles. The van der Waals surface area contributed by atoms with Crippen LogP contribution in [0.15, 0.2) is 64.6 Å². The Morgan fingerprint density at radius 1 is 1.09 bits per heavy atom. The smallest absolute Gasteiger partial charge is 0.189 e. The molecule has 2 aromatic carbocycles. The maximum absolute atomic E-state index is 12.6. The van der Waals surface area contributed by atoms with Crippen molar-refractivity contribution in [1.82, 2.24) is 0 Å². The van der Waals surface area contributed by atoms with Gasteiger partial charge in [0.25, 0.3) is 0 Å². The second-order valence-electron chi connectivity index (χ2n) is 5.69. The van der Waals surface area contributed by atoms with Gasteiger partial charge < -0.3 is 0 Å². The van der Waals surface area contributed by atoms with Gasteiger partial charge in [-0.05, 0) is 49.6 Å². The molecule has 4 heteroatoms. The van der Waals surface area contributed by atoms with E-state index in [1.165, 1.54) is 0 Å². The summed E-state index contributed by atoms with van der Waals surface area (Å²) in [6.45, 7) is 1.91. The molecule has 1 aliphatic carbocycles. The van der Waals surface area contributed by atoms with E-state index in [-0.39, 0.29) is 5.78 Å². The van der Waals surface area contributed by atoms with Crippen molar-refractivity contribution in [2.75, 3.05) is 5.75 Å². The first-order chi connectivity index (χ1) is 11.1. The Kier molecular flexibility index (Phi) is 4.79. The van der Waals surface area contributed by atoms with Crippen LogP contribution in [0.5, 0.6) is 0 Å². The van der Waals surface area contributed by atoms with Crippen molar-refractivity contribution >= 4 is 28.2 Å². The van der Waals surface area contributed by atoms with Crippen molar-refractivity contribution in [3.63, 3.8) is 0 Å². The first-order valence-corrected chi connectivity index (χ1v) is 9.21. The van der Waals surface area contributed by atoms with Crippen molar-refractivity contribution in [2.24, 2.45) is 0 Å². The summed E-state index contributed by atoms with van der Waals surface area (Å²) >= 11 is 5.86. The van der Waals surface area contributed by atoms with E-state index in [1.54, 1.807) is 24.3 Å². The molecule has 3 rings (SSSR count). The first-order valence-electron chi connectivity index (χ1n) is 7.51. The van der Waals surface area contributed by atoms with Crippen molar-refractivity contribution in [2.45, 2.75) is 24.7 Å². The fourth-order valence-electron chi connectivity index (χ4n) is 2.86. The van der Waals surface area contributed by atoms with Crippen LogP contribution in [-0.2, 0) is 17.2 Å². The van der Waals surface area contributed by atoms with Gasteiger partial charge in [-0.3, -0.25) is 9.00 Å². The molecule has 0 radical (unpaired) electrons. The highest BCUT2D eigenvalue weighted by atomic mass is 35.5. The molecule has 0 amide bonds. The Bertz CT molecular complexity index is 806. The van der Waals surface area contributed by atoms with Gasteiger partial charge in [0.05, 0.1) is 10.8 Å². The Balaban J connectivity index is 1.83. The van der Waals surface area contributed by atoms with Gasteiger partial charge in [-0.1, -0.05) is 41.4 Å². The summed E-state index contributed by atoms with van der Waals surface area (Å²) in [6, 6.07) is 14.7. The molecule has 118 valence electrons. The third-order valence-corrected chi connectivity index (χ3v) is 5.86. The summed E-state index contributed by atoms with van der Waals surface area (Å²) in [5, 5.41) is 0.625. The number of carbonyl (C=O) groups is 1. The highest BCUT2D eigenvalue weighted by Gasteiger charge is 2.23. The van der Waals surface area contributed by atoms with E-state index in [1.807, 2.05) is 31.2 Å². The van der Waals surface area contributed by atoms with Gasteiger partial charge in [-0.15, -0.1) is 0 Å². The topological polar surface area (TPSA) is 34.1 Å². The molecule has 2 nitrogen and oxygen atoms in total. The molecule has 0 saturated carbocycles. The molecule has 0 spiro atoms. The first kappa shape index (κ1) is 16.2. The molecule has 0 fully saturated rings. The monoisotopic (exact) mass is 344 g/mol. The van der Waals surface area contributed by atoms with E-state index < -0.39 is 10.8 Å².